The monoisotopic (exact) mass is 411 g/mol. The standard InChI is InChI=1S/C21H21N3O4S/c1-2-18(25)22-14-7-5-6-13(10-14)20(27)28-12-15-11-19(26)24-16-8-3-4-9-17(16)29-21(24)23-15/h5-7,10-11H,2-4,8-9,12H2,1H3,(H,22,25). The molecular formula is C21H21N3O4S. The normalized spacial score (nSPS) is 13.1. The highest BCUT2D eigenvalue weighted by Gasteiger charge is 2.19. The van der Waals surface area contributed by atoms with E-state index in [9.17, 15) is 14.4 Å². The summed E-state index contributed by atoms with van der Waals surface area (Å²) in [5.41, 5.74) is 2.22. The molecule has 1 amide bonds. The Labute approximate surface area is 171 Å². The van der Waals surface area contributed by atoms with Gasteiger partial charge in [0.05, 0.1) is 11.3 Å². The van der Waals surface area contributed by atoms with E-state index >= 15 is 0 Å². The summed E-state index contributed by atoms with van der Waals surface area (Å²) in [6.45, 7) is 1.67. The van der Waals surface area contributed by atoms with Gasteiger partial charge in [0.15, 0.2) is 4.96 Å². The lowest BCUT2D eigenvalue weighted by atomic mass is 10.0. The molecule has 0 aliphatic heterocycles. The van der Waals surface area contributed by atoms with Crippen LogP contribution in [0.15, 0.2) is 35.1 Å². The SMILES string of the molecule is CCC(=O)Nc1cccc(C(=O)OCc2cc(=O)n3c4c(sc3n2)CCCC4)c1. The van der Waals surface area contributed by atoms with Crippen LogP contribution in [-0.2, 0) is 29.0 Å². The van der Waals surface area contributed by atoms with Gasteiger partial charge in [0, 0.05) is 28.7 Å². The van der Waals surface area contributed by atoms with E-state index in [4.69, 9.17) is 4.74 Å². The van der Waals surface area contributed by atoms with Gasteiger partial charge in [-0.1, -0.05) is 13.0 Å². The molecule has 29 heavy (non-hydrogen) atoms. The van der Waals surface area contributed by atoms with E-state index in [1.54, 1.807) is 35.6 Å². The van der Waals surface area contributed by atoms with E-state index in [0.29, 0.717) is 28.3 Å². The van der Waals surface area contributed by atoms with E-state index in [1.807, 2.05) is 0 Å². The molecule has 1 aliphatic rings. The van der Waals surface area contributed by atoms with Crippen molar-refractivity contribution in [1.29, 1.82) is 0 Å². The molecule has 150 valence electrons. The number of hydrogen-bond donors (Lipinski definition) is 1. The summed E-state index contributed by atoms with van der Waals surface area (Å²) in [7, 11) is 0. The van der Waals surface area contributed by atoms with Crippen molar-refractivity contribution in [2.24, 2.45) is 0 Å². The van der Waals surface area contributed by atoms with E-state index in [-0.39, 0.29) is 18.1 Å². The molecule has 1 N–H and O–H groups in total. The number of aryl methyl sites for hydroxylation is 2. The molecule has 0 bridgehead atoms. The molecule has 2 heterocycles. The average molecular weight is 411 g/mol. The zero-order chi connectivity index (χ0) is 20.4. The number of hydrogen-bond acceptors (Lipinski definition) is 6. The highest BCUT2D eigenvalue weighted by atomic mass is 32.1. The third-order valence-corrected chi connectivity index (χ3v) is 6.01. The van der Waals surface area contributed by atoms with Crippen LogP contribution in [0.25, 0.3) is 4.96 Å². The molecule has 0 spiro atoms. The maximum atomic E-state index is 12.6. The fourth-order valence-corrected chi connectivity index (χ4v) is 4.64. The van der Waals surface area contributed by atoms with Gasteiger partial charge in [-0.05, 0) is 43.9 Å². The van der Waals surface area contributed by atoms with Gasteiger partial charge in [-0.15, -0.1) is 11.3 Å². The summed E-state index contributed by atoms with van der Waals surface area (Å²) in [6.07, 6.45) is 4.46. The summed E-state index contributed by atoms with van der Waals surface area (Å²) < 4.78 is 7.03. The number of rotatable bonds is 5. The van der Waals surface area contributed by atoms with Crippen molar-refractivity contribution in [3.63, 3.8) is 0 Å². The summed E-state index contributed by atoms with van der Waals surface area (Å²) in [5, 5.41) is 2.71. The van der Waals surface area contributed by atoms with E-state index in [0.717, 1.165) is 31.4 Å². The Morgan fingerprint density at radius 2 is 2.07 bits per heavy atom. The van der Waals surface area contributed by atoms with Gasteiger partial charge in [-0.3, -0.25) is 14.0 Å². The molecule has 1 aliphatic carbocycles. The predicted octanol–water partition coefficient (Wildman–Crippen LogP) is 3.34. The minimum Gasteiger partial charge on any atom is -0.456 e. The minimum absolute atomic E-state index is 0.0846. The molecule has 0 saturated heterocycles. The summed E-state index contributed by atoms with van der Waals surface area (Å²) in [4.78, 5) is 42.9. The number of carbonyl (C=O) groups is 2. The van der Waals surface area contributed by atoms with Crippen molar-refractivity contribution >= 4 is 33.9 Å². The molecule has 2 aromatic heterocycles. The van der Waals surface area contributed by atoms with Gasteiger partial charge in [0.25, 0.3) is 5.56 Å². The Morgan fingerprint density at radius 3 is 2.90 bits per heavy atom. The number of carbonyl (C=O) groups excluding carboxylic acids is 2. The summed E-state index contributed by atoms with van der Waals surface area (Å²) >= 11 is 1.54. The number of nitrogens with one attached hydrogen (secondary N) is 1. The predicted molar refractivity (Wildman–Crippen MR) is 110 cm³/mol. The molecule has 4 rings (SSSR count). The van der Waals surface area contributed by atoms with Gasteiger partial charge in [-0.25, -0.2) is 9.78 Å². The number of thiazole rings is 1. The van der Waals surface area contributed by atoms with Crippen molar-refractivity contribution < 1.29 is 14.3 Å². The first-order chi connectivity index (χ1) is 14.0. The van der Waals surface area contributed by atoms with E-state index in [2.05, 4.69) is 10.3 Å². The van der Waals surface area contributed by atoms with E-state index in [1.165, 1.54) is 22.3 Å². The van der Waals surface area contributed by atoms with E-state index < -0.39 is 5.97 Å². The maximum absolute atomic E-state index is 12.6. The van der Waals surface area contributed by atoms with Crippen LogP contribution in [0.3, 0.4) is 0 Å². The summed E-state index contributed by atoms with van der Waals surface area (Å²) in [5.74, 6) is -0.669. The zero-order valence-corrected chi connectivity index (χ0v) is 16.9. The van der Waals surface area contributed by atoms with Crippen LogP contribution in [0.5, 0.6) is 0 Å². The lowest BCUT2D eigenvalue weighted by molar-refractivity contribution is -0.115. The number of aromatic nitrogens is 2. The van der Waals surface area contributed by atoms with Crippen LogP contribution >= 0.6 is 11.3 Å². The van der Waals surface area contributed by atoms with Crippen molar-refractivity contribution in [2.45, 2.75) is 45.6 Å². The second-order valence-electron chi connectivity index (χ2n) is 6.94. The third-order valence-electron chi connectivity index (χ3n) is 4.87. The number of anilines is 1. The highest BCUT2D eigenvalue weighted by Crippen LogP contribution is 2.28. The van der Waals surface area contributed by atoms with Crippen molar-refractivity contribution in [1.82, 2.24) is 9.38 Å². The topological polar surface area (TPSA) is 89.8 Å². The van der Waals surface area contributed by atoms with Gasteiger partial charge in [0.2, 0.25) is 5.91 Å². The average Bonchev–Trinajstić information content (AvgIpc) is 3.11. The number of ether oxygens (including phenoxy) is 1. The Hall–Kier alpha value is -3.00. The fourth-order valence-electron chi connectivity index (χ4n) is 3.41. The van der Waals surface area contributed by atoms with Gasteiger partial charge >= 0.3 is 5.97 Å². The number of fused-ring (bicyclic) bond motifs is 3. The third kappa shape index (κ3) is 4.07. The zero-order valence-electron chi connectivity index (χ0n) is 16.1. The Balaban J connectivity index is 1.50. The van der Waals surface area contributed by atoms with Gasteiger partial charge in [0.1, 0.15) is 6.61 Å². The van der Waals surface area contributed by atoms with Crippen LogP contribution in [0, 0.1) is 0 Å². The Bertz CT molecular complexity index is 1150. The molecule has 3 aromatic rings. The smallest absolute Gasteiger partial charge is 0.338 e. The largest absolute Gasteiger partial charge is 0.456 e. The van der Waals surface area contributed by atoms with Crippen LogP contribution in [-0.4, -0.2) is 21.3 Å². The molecular weight excluding hydrogens is 390 g/mol. The highest BCUT2D eigenvalue weighted by molar-refractivity contribution is 7.17. The van der Waals surface area contributed by atoms with Gasteiger partial charge in [-0.2, -0.15) is 0 Å². The molecule has 0 radical (unpaired) electrons. The summed E-state index contributed by atoms with van der Waals surface area (Å²) in [6, 6.07) is 7.99. The molecule has 0 saturated carbocycles. The number of amides is 1. The number of benzene rings is 1. The molecule has 0 unspecified atom stereocenters. The lowest BCUT2D eigenvalue weighted by Crippen LogP contribution is -2.18. The van der Waals surface area contributed by atoms with Crippen molar-refractivity contribution in [2.75, 3.05) is 5.32 Å². The van der Waals surface area contributed by atoms with Crippen LogP contribution < -0.4 is 10.9 Å². The first kappa shape index (κ1) is 19.3. The molecule has 0 atom stereocenters. The number of nitrogens with zero attached hydrogens (tertiary/aromatic N) is 2. The Kier molecular flexibility index (Phi) is 5.44. The molecule has 7 nitrogen and oxygen atoms in total. The molecule has 8 heteroatoms. The van der Waals surface area contributed by atoms with Crippen molar-refractivity contribution in [3.05, 3.63) is 62.5 Å². The second kappa shape index (κ2) is 8.16. The molecule has 1 aromatic carbocycles. The maximum Gasteiger partial charge on any atom is 0.338 e. The lowest BCUT2D eigenvalue weighted by Gasteiger charge is -2.10. The van der Waals surface area contributed by atoms with Crippen molar-refractivity contribution in [3.8, 4) is 0 Å². The molecule has 0 fully saturated rings. The first-order valence-corrected chi connectivity index (χ1v) is 10.5. The first-order valence-electron chi connectivity index (χ1n) is 9.65. The van der Waals surface area contributed by atoms with Crippen LogP contribution in [0.1, 0.15) is 52.8 Å². The fraction of sp³-hybridized carbons (Fsp3) is 0.333. The number of esters is 1. The second-order valence-corrected chi connectivity index (χ2v) is 8.00. The minimum atomic E-state index is -0.537. The Morgan fingerprint density at radius 1 is 1.24 bits per heavy atom. The van der Waals surface area contributed by atoms with Gasteiger partial charge < -0.3 is 10.1 Å². The quantitative estimate of drug-likeness (QED) is 0.651. The van der Waals surface area contributed by atoms with Crippen LogP contribution in [0.4, 0.5) is 5.69 Å². The van der Waals surface area contributed by atoms with Crippen LogP contribution in [0.2, 0.25) is 0 Å².